The summed E-state index contributed by atoms with van der Waals surface area (Å²) < 4.78 is 0. The summed E-state index contributed by atoms with van der Waals surface area (Å²) >= 11 is 13.2. The summed E-state index contributed by atoms with van der Waals surface area (Å²) in [5, 5.41) is 13.2. The Morgan fingerprint density at radius 1 is 1.50 bits per heavy atom. The molecule has 0 saturated carbocycles. The molecule has 1 aromatic heterocycles. The van der Waals surface area contributed by atoms with Crippen LogP contribution in [0.3, 0.4) is 0 Å². The van der Waals surface area contributed by atoms with Crippen LogP contribution in [0.4, 0.5) is 5.82 Å². The van der Waals surface area contributed by atoms with Crippen molar-refractivity contribution < 1.29 is 5.11 Å². The number of pyridine rings is 1. The Labute approximate surface area is 96.8 Å². The van der Waals surface area contributed by atoms with Crippen LogP contribution in [0.2, 0.25) is 10.0 Å². The second-order valence-corrected chi connectivity index (χ2v) is 4.33. The highest BCUT2D eigenvalue weighted by molar-refractivity contribution is 7.99. The zero-order chi connectivity index (χ0) is 10.6. The maximum Gasteiger partial charge on any atom is 0.145 e. The quantitative estimate of drug-likeness (QED) is 0.809. The average molecular weight is 253 g/mol. The van der Waals surface area contributed by atoms with E-state index < -0.39 is 0 Å². The Kier molecular flexibility index (Phi) is 4.81. The summed E-state index contributed by atoms with van der Waals surface area (Å²) in [7, 11) is 1.74. The minimum Gasteiger partial charge on any atom is -0.396 e. The Hall–Kier alpha value is -0.160. The molecule has 2 N–H and O–H groups in total. The van der Waals surface area contributed by atoms with E-state index >= 15 is 0 Å². The molecular formula is C8H10Cl2N2OS. The van der Waals surface area contributed by atoms with Crippen molar-refractivity contribution in [2.75, 3.05) is 24.7 Å². The summed E-state index contributed by atoms with van der Waals surface area (Å²) in [5.41, 5.74) is 0. The first kappa shape index (κ1) is 11.9. The van der Waals surface area contributed by atoms with Crippen LogP contribution in [0.25, 0.3) is 0 Å². The summed E-state index contributed by atoms with van der Waals surface area (Å²) in [6, 6.07) is 1.64. The lowest BCUT2D eigenvalue weighted by atomic mass is 10.4. The third-order valence-electron chi connectivity index (χ3n) is 1.46. The molecule has 1 aromatic rings. The number of hydrogen-bond donors (Lipinski definition) is 2. The van der Waals surface area contributed by atoms with Crippen LogP contribution in [0, 0.1) is 0 Å². The van der Waals surface area contributed by atoms with Crippen molar-refractivity contribution in [2.45, 2.75) is 5.03 Å². The van der Waals surface area contributed by atoms with Gasteiger partial charge in [0.25, 0.3) is 0 Å². The molecular weight excluding hydrogens is 243 g/mol. The average Bonchev–Trinajstić information content (AvgIpc) is 2.17. The molecule has 0 saturated heterocycles. The fraction of sp³-hybridized carbons (Fsp3) is 0.375. The molecule has 0 aromatic carbocycles. The number of nitrogens with zero attached hydrogens (tertiary/aromatic N) is 1. The fourth-order valence-electron chi connectivity index (χ4n) is 0.869. The maximum atomic E-state index is 8.67. The fourth-order valence-corrected chi connectivity index (χ4v) is 2.12. The second kappa shape index (κ2) is 5.66. The van der Waals surface area contributed by atoms with E-state index in [0.717, 1.165) is 0 Å². The smallest absolute Gasteiger partial charge is 0.145 e. The van der Waals surface area contributed by atoms with Crippen molar-refractivity contribution in [3.05, 3.63) is 16.1 Å². The number of rotatable bonds is 4. The van der Waals surface area contributed by atoms with Gasteiger partial charge in [0.15, 0.2) is 0 Å². The van der Waals surface area contributed by atoms with Gasteiger partial charge in [-0.25, -0.2) is 4.98 Å². The molecule has 0 aliphatic heterocycles. The van der Waals surface area contributed by atoms with Crippen molar-refractivity contribution in [3.63, 3.8) is 0 Å². The van der Waals surface area contributed by atoms with E-state index in [2.05, 4.69) is 10.3 Å². The second-order valence-electron chi connectivity index (χ2n) is 2.43. The predicted molar refractivity (Wildman–Crippen MR) is 61.6 cm³/mol. The van der Waals surface area contributed by atoms with Crippen LogP contribution in [0.5, 0.6) is 0 Å². The van der Waals surface area contributed by atoms with Crippen LogP contribution >= 0.6 is 35.0 Å². The van der Waals surface area contributed by atoms with Gasteiger partial charge in [0, 0.05) is 12.8 Å². The minimum atomic E-state index is 0.0974. The third-order valence-corrected chi connectivity index (χ3v) is 3.12. The number of thioether (sulfide) groups is 1. The molecule has 6 heteroatoms. The first-order valence-electron chi connectivity index (χ1n) is 3.96. The number of anilines is 1. The van der Waals surface area contributed by atoms with E-state index in [1.807, 2.05) is 0 Å². The Balaban J connectivity index is 2.92. The van der Waals surface area contributed by atoms with E-state index in [0.29, 0.717) is 26.6 Å². The van der Waals surface area contributed by atoms with Crippen LogP contribution in [-0.2, 0) is 0 Å². The molecule has 0 spiro atoms. The van der Waals surface area contributed by atoms with E-state index in [-0.39, 0.29) is 6.61 Å². The maximum absolute atomic E-state index is 8.67. The lowest BCUT2D eigenvalue weighted by Crippen LogP contribution is -1.96. The van der Waals surface area contributed by atoms with Gasteiger partial charge in [0.1, 0.15) is 10.8 Å². The number of aliphatic hydroxyl groups excluding tert-OH is 1. The standard InChI is InChI=1S/C8H10Cl2N2OS/c1-11-7-5(9)4-6(10)8(12-7)14-3-2-13/h4,13H,2-3H2,1H3,(H,11,12). The highest BCUT2D eigenvalue weighted by Crippen LogP contribution is 2.31. The molecule has 14 heavy (non-hydrogen) atoms. The van der Waals surface area contributed by atoms with Crippen molar-refractivity contribution in [3.8, 4) is 0 Å². The van der Waals surface area contributed by atoms with Crippen LogP contribution < -0.4 is 5.32 Å². The lowest BCUT2D eigenvalue weighted by Gasteiger charge is -2.07. The summed E-state index contributed by atoms with van der Waals surface area (Å²) in [6.45, 7) is 0.0974. The molecule has 0 amide bonds. The largest absolute Gasteiger partial charge is 0.396 e. The van der Waals surface area contributed by atoms with Gasteiger partial charge in [-0.3, -0.25) is 0 Å². The first-order valence-corrected chi connectivity index (χ1v) is 5.70. The van der Waals surface area contributed by atoms with Crippen molar-refractivity contribution >= 4 is 40.8 Å². The van der Waals surface area contributed by atoms with Crippen molar-refractivity contribution in [1.82, 2.24) is 4.98 Å². The molecule has 0 fully saturated rings. The van der Waals surface area contributed by atoms with Crippen molar-refractivity contribution in [1.29, 1.82) is 0 Å². The number of aromatic nitrogens is 1. The van der Waals surface area contributed by atoms with Crippen molar-refractivity contribution in [2.24, 2.45) is 0 Å². The normalized spacial score (nSPS) is 10.3. The van der Waals surface area contributed by atoms with Gasteiger partial charge in [0.05, 0.1) is 16.7 Å². The highest BCUT2D eigenvalue weighted by atomic mass is 35.5. The van der Waals surface area contributed by atoms with Gasteiger partial charge >= 0.3 is 0 Å². The number of hydrogen-bond acceptors (Lipinski definition) is 4. The molecule has 0 bridgehead atoms. The first-order chi connectivity index (χ1) is 6.69. The van der Waals surface area contributed by atoms with E-state index in [4.69, 9.17) is 28.3 Å². The zero-order valence-electron chi connectivity index (χ0n) is 7.55. The van der Waals surface area contributed by atoms with Gasteiger partial charge in [0.2, 0.25) is 0 Å². The Morgan fingerprint density at radius 3 is 2.79 bits per heavy atom. The lowest BCUT2D eigenvalue weighted by molar-refractivity contribution is 0.322. The van der Waals surface area contributed by atoms with Gasteiger partial charge < -0.3 is 10.4 Å². The number of nitrogens with one attached hydrogen (secondary N) is 1. The monoisotopic (exact) mass is 252 g/mol. The molecule has 1 heterocycles. The van der Waals surface area contributed by atoms with E-state index in [1.54, 1.807) is 13.1 Å². The molecule has 0 atom stereocenters. The van der Waals surface area contributed by atoms with Gasteiger partial charge in [-0.15, -0.1) is 11.8 Å². The Morgan fingerprint density at radius 2 is 2.21 bits per heavy atom. The minimum absolute atomic E-state index is 0.0974. The predicted octanol–water partition coefficient (Wildman–Crippen LogP) is 2.51. The van der Waals surface area contributed by atoms with Crippen LogP contribution in [0.15, 0.2) is 11.1 Å². The summed E-state index contributed by atoms with van der Waals surface area (Å²) in [6.07, 6.45) is 0. The van der Waals surface area contributed by atoms with Crippen LogP contribution in [0.1, 0.15) is 0 Å². The van der Waals surface area contributed by atoms with E-state index in [1.165, 1.54) is 11.8 Å². The molecule has 0 aliphatic rings. The van der Waals surface area contributed by atoms with Gasteiger partial charge in [-0.2, -0.15) is 0 Å². The Bertz CT molecular complexity index is 322. The topological polar surface area (TPSA) is 45.2 Å². The van der Waals surface area contributed by atoms with Crippen LogP contribution in [-0.4, -0.2) is 29.5 Å². The molecule has 78 valence electrons. The van der Waals surface area contributed by atoms with Gasteiger partial charge in [-0.05, 0) is 6.07 Å². The molecule has 0 unspecified atom stereocenters. The number of aliphatic hydroxyl groups is 1. The summed E-state index contributed by atoms with van der Waals surface area (Å²) in [4.78, 5) is 4.20. The highest BCUT2D eigenvalue weighted by Gasteiger charge is 2.08. The number of halogens is 2. The molecule has 1 rings (SSSR count). The molecule has 0 aliphatic carbocycles. The van der Waals surface area contributed by atoms with Gasteiger partial charge in [-0.1, -0.05) is 23.2 Å². The summed E-state index contributed by atoms with van der Waals surface area (Å²) in [5.74, 6) is 1.16. The third kappa shape index (κ3) is 2.92. The SMILES string of the molecule is CNc1nc(SCCO)c(Cl)cc1Cl. The van der Waals surface area contributed by atoms with E-state index in [9.17, 15) is 0 Å². The molecule has 0 radical (unpaired) electrons. The zero-order valence-corrected chi connectivity index (χ0v) is 9.88. The molecule has 3 nitrogen and oxygen atoms in total.